The number of nitrogens with one attached hydrogen (secondary N) is 1. The van der Waals surface area contributed by atoms with E-state index in [1.165, 1.54) is 23.1 Å². The number of aromatic nitrogens is 4. The first-order valence-corrected chi connectivity index (χ1v) is 15.2. The zero-order valence-electron chi connectivity index (χ0n) is 22.2. The first-order chi connectivity index (χ1) is 19.8. The number of anilines is 1. The smallest absolute Gasteiger partial charge is 0.268 e. The molecule has 1 aliphatic heterocycles. The summed E-state index contributed by atoms with van der Waals surface area (Å²) in [7, 11) is 0. The van der Waals surface area contributed by atoms with E-state index in [4.69, 9.17) is 16.3 Å². The van der Waals surface area contributed by atoms with Gasteiger partial charge in [0.05, 0.1) is 29.0 Å². The van der Waals surface area contributed by atoms with E-state index in [2.05, 4.69) is 15.5 Å². The van der Waals surface area contributed by atoms with E-state index in [1.807, 2.05) is 66.8 Å². The van der Waals surface area contributed by atoms with E-state index in [1.54, 1.807) is 22.8 Å². The second-order valence-corrected chi connectivity index (χ2v) is 13.0. The van der Waals surface area contributed by atoms with E-state index in [0.717, 1.165) is 31.7 Å². The number of hydrogen-bond acceptors (Lipinski definition) is 7. The molecule has 7 rings (SSSR count). The number of benzene rings is 3. The molecule has 8 nitrogen and oxygen atoms in total. The van der Waals surface area contributed by atoms with Gasteiger partial charge in [-0.25, -0.2) is 8.97 Å². The standard InChI is InChI=1S/C30H24ClN5O3S2/c1-30(2)14-22-23(15-39-30)41-27-25(22)26(38)35(21-9-5-8-19(31)13-21)28-33-34-29(36(27)28)40-16-24(37)32-20-11-10-17-6-3-4-7-18(17)12-20/h3-13H,14-16H2,1-2H3,(H,32,37). The summed E-state index contributed by atoms with van der Waals surface area (Å²) in [4.78, 5) is 28.8. The Hall–Kier alpha value is -3.70. The maximum atomic E-state index is 14.1. The molecule has 1 N–H and O–H groups in total. The fourth-order valence-electron chi connectivity index (χ4n) is 5.24. The van der Waals surface area contributed by atoms with Crippen LogP contribution in [0, 0.1) is 0 Å². The second-order valence-electron chi connectivity index (χ2n) is 10.5. The molecule has 0 atom stereocenters. The summed E-state index contributed by atoms with van der Waals surface area (Å²) in [5.74, 6) is 0.315. The molecule has 0 aliphatic carbocycles. The number of fused-ring (bicyclic) bond motifs is 6. The SMILES string of the molecule is CC1(C)Cc2c(sc3c2c(=O)n(-c2cccc(Cl)c2)c2nnc(SCC(=O)Nc4ccc5ccccc5c4)n32)CO1. The average molecular weight is 602 g/mol. The van der Waals surface area contributed by atoms with Gasteiger partial charge in [0.2, 0.25) is 11.7 Å². The lowest BCUT2D eigenvalue weighted by atomic mass is 9.94. The number of rotatable bonds is 5. The van der Waals surface area contributed by atoms with Crippen molar-refractivity contribution in [2.24, 2.45) is 0 Å². The van der Waals surface area contributed by atoms with Crippen LogP contribution in [0.4, 0.5) is 5.69 Å². The molecule has 11 heteroatoms. The monoisotopic (exact) mass is 601 g/mol. The molecule has 0 fully saturated rings. The van der Waals surface area contributed by atoms with Crippen molar-refractivity contribution in [3.8, 4) is 5.69 Å². The summed E-state index contributed by atoms with van der Waals surface area (Å²) in [5, 5.41) is 15.6. The van der Waals surface area contributed by atoms with Crippen LogP contribution in [0.3, 0.4) is 0 Å². The van der Waals surface area contributed by atoms with Crippen LogP contribution in [0.25, 0.3) is 32.5 Å². The molecule has 0 spiro atoms. The minimum Gasteiger partial charge on any atom is -0.370 e. The summed E-state index contributed by atoms with van der Waals surface area (Å²) in [6.07, 6.45) is 0.609. The van der Waals surface area contributed by atoms with E-state index in [-0.39, 0.29) is 17.2 Å². The van der Waals surface area contributed by atoms with Crippen molar-refractivity contribution < 1.29 is 9.53 Å². The Morgan fingerprint density at radius 2 is 1.93 bits per heavy atom. The third kappa shape index (κ3) is 4.70. The third-order valence-electron chi connectivity index (χ3n) is 7.14. The van der Waals surface area contributed by atoms with E-state index >= 15 is 0 Å². The van der Waals surface area contributed by atoms with Crippen molar-refractivity contribution in [1.29, 1.82) is 0 Å². The summed E-state index contributed by atoms with van der Waals surface area (Å²) in [6, 6.07) is 21.0. The van der Waals surface area contributed by atoms with Crippen LogP contribution in [0.1, 0.15) is 24.3 Å². The van der Waals surface area contributed by atoms with E-state index in [9.17, 15) is 9.59 Å². The van der Waals surface area contributed by atoms with Gasteiger partial charge in [-0.15, -0.1) is 21.5 Å². The Morgan fingerprint density at radius 3 is 2.76 bits per heavy atom. The van der Waals surface area contributed by atoms with Crippen LogP contribution in [0.2, 0.25) is 5.02 Å². The summed E-state index contributed by atoms with van der Waals surface area (Å²) >= 11 is 9.10. The Kier molecular flexibility index (Phi) is 6.39. The molecule has 3 aromatic carbocycles. The molecule has 1 aliphatic rings. The number of thioether (sulfide) groups is 1. The molecule has 0 saturated heterocycles. The molecule has 206 valence electrons. The molecule has 41 heavy (non-hydrogen) atoms. The van der Waals surface area contributed by atoms with E-state index in [0.29, 0.717) is 40.1 Å². The third-order valence-corrected chi connectivity index (χ3v) is 9.49. The molecule has 6 aromatic rings. The van der Waals surface area contributed by atoms with Gasteiger partial charge in [0, 0.05) is 22.0 Å². The Bertz CT molecular complexity index is 2060. The maximum Gasteiger partial charge on any atom is 0.268 e. The molecule has 0 unspecified atom stereocenters. The highest BCUT2D eigenvalue weighted by molar-refractivity contribution is 7.99. The van der Waals surface area contributed by atoms with Gasteiger partial charge >= 0.3 is 0 Å². The number of halogens is 1. The predicted molar refractivity (Wildman–Crippen MR) is 165 cm³/mol. The lowest BCUT2D eigenvalue weighted by Crippen LogP contribution is -2.32. The lowest BCUT2D eigenvalue weighted by Gasteiger charge is -2.29. The number of hydrogen-bond donors (Lipinski definition) is 1. The van der Waals surface area contributed by atoms with Crippen molar-refractivity contribution in [1.82, 2.24) is 19.2 Å². The van der Waals surface area contributed by atoms with Gasteiger partial charge in [-0.1, -0.05) is 59.8 Å². The van der Waals surface area contributed by atoms with E-state index < -0.39 is 5.60 Å². The summed E-state index contributed by atoms with van der Waals surface area (Å²) in [6.45, 7) is 4.49. The molecule has 0 radical (unpaired) electrons. The Morgan fingerprint density at radius 1 is 1.10 bits per heavy atom. The topological polar surface area (TPSA) is 90.5 Å². The van der Waals surface area contributed by atoms with Crippen LogP contribution in [-0.2, 0) is 22.6 Å². The van der Waals surface area contributed by atoms with Gasteiger partial charge in [-0.05, 0) is 60.5 Å². The number of ether oxygens (including phenoxy) is 1. The number of carbonyl (C=O) groups is 1. The number of nitrogens with zero attached hydrogens (tertiary/aromatic N) is 4. The normalized spacial score (nSPS) is 14.5. The number of amides is 1. The zero-order chi connectivity index (χ0) is 28.3. The molecule has 0 bridgehead atoms. The van der Waals surface area contributed by atoms with Crippen molar-refractivity contribution in [3.63, 3.8) is 0 Å². The zero-order valence-corrected chi connectivity index (χ0v) is 24.6. The Labute approximate surface area is 247 Å². The fraction of sp³-hybridized carbons (Fsp3) is 0.200. The average Bonchev–Trinajstić information content (AvgIpc) is 3.53. The van der Waals surface area contributed by atoms with Gasteiger partial charge in [0.15, 0.2) is 5.16 Å². The molecule has 0 saturated carbocycles. The van der Waals surface area contributed by atoms with Crippen molar-refractivity contribution >= 4 is 73.1 Å². The van der Waals surface area contributed by atoms with Gasteiger partial charge in [-0.2, -0.15) is 0 Å². The number of thiophene rings is 1. The quantitative estimate of drug-likeness (QED) is 0.227. The molecule has 3 aromatic heterocycles. The maximum absolute atomic E-state index is 14.1. The highest BCUT2D eigenvalue weighted by Gasteiger charge is 2.32. The lowest BCUT2D eigenvalue weighted by molar-refractivity contribution is -0.113. The van der Waals surface area contributed by atoms with Gasteiger partial charge in [-0.3, -0.25) is 9.59 Å². The number of carbonyl (C=O) groups excluding carboxylic acids is 1. The van der Waals surface area contributed by atoms with Crippen molar-refractivity contribution in [3.05, 3.63) is 92.5 Å². The highest BCUT2D eigenvalue weighted by atomic mass is 35.5. The summed E-state index contributed by atoms with van der Waals surface area (Å²) < 4.78 is 9.49. The van der Waals surface area contributed by atoms with Crippen LogP contribution >= 0.6 is 34.7 Å². The predicted octanol–water partition coefficient (Wildman–Crippen LogP) is 6.48. The van der Waals surface area contributed by atoms with Crippen LogP contribution in [-0.4, -0.2) is 36.4 Å². The van der Waals surface area contributed by atoms with Gasteiger partial charge in [0.25, 0.3) is 5.56 Å². The first-order valence-electron chi connectivity index (χ1n) is 13.0. The fourth-order valence-corrected chi connectivity index (χ4v) is 7.44. The largest absolute Gasteiger partial charge is 0.370 e. The van der Waals surface area contributed by atoms with Crippen molar-refractivity contribution in [2.75, 3.05) is 11.1 Å². The minimum atomic E-state index is -0.394. The highest BCUT2D eigenvalue weighted by Crippen LogP contribution is 2.39. The molecular formula is C30H24ClN5O3S2. The first kappa shape index (κ1) is 26.2. The Balaban J connectivity index is 1.30. The minimum absolute atomic E-state index is 0.118. The van der Waals surface area contributed by atoms with Crippen LogP contribution in [0.5, 0.6) is 0 Å². The van der Waals surface area contributed by atoms with Crippen LogP contribution in [0.15, 0.2) is 76.7 Å². The molecule has 4 heterocycles. The van der Waals surface area contributed by atoms with Crippen LogP contribution < -0.4 is 10.9 Å². The molecular weight excluding hydrogens is 578 g/mol. The summed E-state index contributed by atoms with van der Waals surface area (Å²) in [5.41, 5.74) is 1.74. The van der Waals surface area contributed by atoms with Gasteiger partial charge < -0.3 is 10.1 Å². The van der Waals surface area contributed by atoms with Crippen molar-refractivity contribution in [2.45, 2.75) is 37.6 Å². The van der Waals surface area contributed by atoms with Gasteiger partial charge in [0.1, 0.15) is 4.83 Å². The second kappa shape index (κ2) is 9.99. The molecule has 1 amide bonds.